The highest BCUT2D eigenvalue weighted by Crippen LogP contribution is 2.36. The Morgan fingerprint density at radius 2 is 2.04 bits per heavy atom. The van der Waals surface area contributed by atoms with E-state index in [1.165, 1.54) is 75.5 Å². The maximum absolute atomic E-state index is 5.82. The first-order valence-corrected chi connectivity index (χ1v) is 11.0. The third kappa shape index (κ3) is 6.50. The van der Waals surface area contributed by atoms with E-state index in [0.29, 0.717) is 0 Å². The fourth-order valence-corrected chi connectivity index (χ4v) is 4.51. The number of para-hydroxylation sites is 1. The second-order valence-corrected chi connectivity index (χ2v) is 8.15. The van der Waals surface area contributed by atoms with Crippen molar-refractivity contribution in [3.05, 3.63) is 23.8 Å². The monoisotopic (exact) mass is 363 g/mol. The average Bonchev–Trinajstić information content (AvgIpc) is 2.93. The molecule has 1 saturated heterocycles. The van der Waals surface area contributed by atoms with E-state index >= 15 is 0 Å². The lowest BCUT2D eigenvalue weighted by Crippen LogP contribution is -2.27. The molecular formula is C21H33NO2S. The summed E-state index contributed by atoms with van der Waals surface area (Å²) < 4.78 is 11.6. The maximum Gasteiger partial charge on any atom is 0.138 e. The number of hydrogen-bond acceptors (Lipinski definition) is 4. The quantitative estimate of drug-likeness (QED) is 0.462. The predicted octanol–water partition coefficient (Wildman–Crippen LogP) is 5.52. The summed E-state index contributed by atoms with van der Waals surface area (Å²) in [5, 5.41) is 3.70. The van der Waals surface area contributed by atoms with E-state index < -0.39 is 0 Å². The van der Waals surface area contributed by atoms with Gasteiger partial charge in [-0.1, -0.05) is 44.2 Å². The fourth-order valence-electron chi connectivity index (χ4n) is 3.78. The van der Waals surface area contributed by atoms with E-state index in [4.69, 9.17) is 8.92 Å². The van der Waals surface area contributed by atoms with Crippen LogP contribution in [-0.2, 0) is 10.6 Å². The van der Waals surface area contributed by atoms with Gasteiger partial charge < -0.3 is 14.2 Å². The molecule has 1 aromatic rings. The molecule has 1 N–H and O–H groups in total. The molecule has 0 aliphatic carbocycles. The Labute approximate surface area is 157 Å². The summed E-state index contributed by atoms with van der Waals surface area (Å²) in [4.78, 5) is 1.14. The molecular weight excluding hydrogens is 330 g/mol. The van der Waals surface area contributed by atoms with Gasteiger partial charge in [-0.3, -0.25) is 0 Å². The summed E-state index contributed by atoms with van der Waals surface area (Å²) >= 11 is 1.49. The van der Waals surface area contributed by atoms with Crippen molar-refractivity contribution >= 4 is 12.0 Å². The Morgan fingerprint density at radius 1 is 1.08 bits per heavy atom. The smallest absolute Gasteiger partial charge is 0.138 e. The van der Waals surface area contributed by atoms with E-state index in [-0.39, 0.29) is 0 Å². The van der Waals surface area contributed by atoms with Gasteiger partial charge in [0.25, 0.3) is 0 Å². The van der Waals surface area contributed by atoms with Crippen LogP contribution in [0.3, 0.4) is 0 Å². The van der Waals surface area contributed by atoms with Gasteiger partial charge in [0.15, 0.2) is 0 Å². The van der Waals surface area contributed by atoms with Crippen molar-refractivity contribution in [3.8, 4) is 5.75 Å². The number of benzene rings is 1. The Morgan fingerprint density at radius 3 is 3.04 bits per heavy atom. The first-order chi connectivity index (χ1) is 12.4. The number of fused-ring (bicyclic) bond motifs is 1. The van der Waals surface area contributed by atoms with Crippen molar-refractivity contribution in [2.24, 2.45) is 0 Å². The molecule has 140 valence electrons. The van der Waals surface area contributed by atoms with Crippen molar-refractivity contribution in [1.82, 2.24) is 5.32 Å². The maximum atomic E-state index is 5.82. The van der Waals surface area contributed by atoms with Crippen molar-refractivity contribution in [2.45, 2.75) is 81.6 Å². The van der Waals surface area contributed by atoms with Crippen molar-refractivity contribution in [1.29, 1.82) is 0 Å². The molecule has 0 bridgehead atoms. The minimum atomic E-state index is 0.776. The van der Waals surface area contributed by atoms with Gasteiger partial charge in [0.05, 0.1) is 18.1 Å². The zero-order valence-corrected chi connectivity index (χ0v) is 16.3. The van der Waals surface area contributed by atoms with Gasteiger partial charge in [0.2, 0.25) is 0 Å². The molecule has 1 unspecified atom stereocenters. The van der Waals surface area contributed by atoms with Gasteiger partial charge in [0, 0.05) is 18.1 Å². The Kier molecular flexibility index (Phi) is 8.46. The summed E-state index contributed by atoms with van der Waals surface area (Å²) in [6, 6.07) is 7.16. The van der Waals surface area contributed by atoms with Crippen LogP contribution in [0.15, 0.2) is 23.1 Å². The third-order valence-corrected chi connectivity index (χ3v) is 6.02. The van der Waals surface area contributed by atoms with Crippen LogP contribution in [0, 0.1) is 0 Å². The van der Waals surface area contributed by atoms with Crippen molar-refractivity contribution < 1.29 is 8.92 Å². The van der Waals surface area contributed by atoms with E-state index in [1.807, 2.05) is 0 Å². The Balaban J connectivity index is 1.23. The fraction of sp³-hybridized carbons (Fsp3) is 0.714. The molecule has 0 aromatic heterocycles. The number of aryl methyl sites for hydroxylation is 1. The number of nitrogens with one attached hydrogen (secondary N) is 1. The molecule has 4 heteroatoms. The lowest BCUT2D eigenvalue weighted by atomic mass is 10.0. The molecule has 25 heavy (non-hydrogen) atoms. The summed E-state index contributed by atoms with van der Waals surface area (Å²) in [6.45, 7) is 2.89. The van der Waals surface area contributed by atoms with E-state index in [1.54, 1.807) is 0 Å². The highest BCUT2D eigenvalue weighted by molar-refractivity contribution is 7.94. The third-order valence-electron chi connectivity index (χ3n) is 5.24. The zero-order chi connectivity index (χ0) is 17.2. The second kappa shape index (κ2) is 11.1. The first-order valence-electron chi connectivity index (χ1n) is 10.2. The molecule has 3 rings (SSSR count). The lowest BCUT2D eigenvalue weighted by Gasteiger charge is -2.19. The molecule has 0 radical (unpaired) electrons. The van der Waals surface area contributed by atoms with E-state index in [9.17, 15) is 0 Å². The summed E-state index contributed by atoms with van der Waals surface area (Å²) in [7, 11) is 0. The summed E-state index contributed by atoms with van der Waals surface area (Å²) in [6.07, 6.45) is 14.3. The topological polar surface area (TPSA) is 30.5 Å². The predicted molar refractivity (Wildman–Crippen MR) is 105 cm³/mol. The molecule has 0 amide bonds. The Hall–Kier alpha value is -0.710. The first kappa shape index (κ1) is 19.1. The van der Waals surface area contributed by atoms with Crippen LogP contribution < -0.4 is 10.1 Å². The van der Waals surface area contributed by atoms with Gasteiger partial charge in [-0.25, -0.2) is 0 Å². The zero-order valence-electron chi connectivity index (χ0n) is 15.4. The normalized spacial score (nSPS) is 20.6. The van der Waals surface area contributed by atoms with Crippen molar-refractivity contribution in [3.63, 3.8) is 0 Å². The molecule has 2 heterocycles. The highest BCUT2D eigenvalue weighted by atomic mass is 32.2. The molecule has 1 atom stereocenters. The standard InChI is InChI=1S/C21H33NO2S/c1(4-12-19-13-5-3-6-15-22-19)2-7-17-24-25-20-14-8-10-18-11-9-16-23-21(18)20/h8,10,14,19,22H,1-7,9,11-13,15-17H2. The van der Waals surface area contributed by atoms with E-state index in [2.05, 4.69) is 23.5 Å². The number of rotatable bonds is 9. The average molecular weight is 364 g/mol. The van der Waals surface area contributed by atoms with Gasteiger partial charge >= 0.3 is 0 Å². The van der Waals surface area contributed by atoms with Gasteiger partial charge in [-0.2, -0.15) is 0 Å². The molecule has 2 aliphatic rings. The summed E-state index contributed by atoms with van der Waals surface area (Å²) in [5.74, 6) is 1.05. The molecule has 2 aliphatic heterocycles. The van der Waals surface area contributed by atoms with Crippen LogP contribution in [0.5, 0.6) is 5.75 Å². The van der Waals surface area contributed by atoms with Crippen LogP contribution in [0.25, 0.3) is 0 Å². The summed E-state index contributed by atoms with van der Waals surface area (Å²) in [5.41, 5.74) is 1.33. The van der Waals surface area contributed by atoms with Crippen LogP contribution in [0.2, 0.25) is 0 Å². The minimum Gasteiger partial charge on any atom is -0.492 e. The highest BCUT2D eigenvalue weighted by Gasteiger charge is 2.15. The SMILES string of the molecule is c1cc2c(c(SOCCCCCCC3CCCCCN3)c1)OCCC2. The van der Waals surface area contributed by atoms with Gasteiger partial charge in [0.1, 0.15) is 5.75 Å². The molecule has 1 fully saturated rings. The second-order valence-electron chi connectivity index (χ2n) is 7.30. The van der Waals surface area contributed by atoms with Crippen LogP contribution in [0.4, 0.5) is 0 Å². The molecule has 0 saturated carbocycles. The van der Waals surface area contributed by atoms with E-state index in [0.717, 1.165) is 49.2 Å². The van der Waals surface area contributed by atoms with Crippen LogP contribution in [-0.4, -0.2) is 25.8 Å². The van der Waals surface area contributed by atoms with Crippen LogP contribution in [0.1, 0.15) is 69.8 Å². The van der Waals surface area contributed by atoms with Crippen LogP contribution >= 0.6 is 12.0 Å². The number of unbranched alkanes of at least 4 members (excludes halogenated alkanes) is 3. The lowest BCUT2D eigenvalue weighted by molar-refractivity contribution is 0.279. The molecule has 3 nitrogen and oxygen atoms in total. The molecule has 1 aromatic carbocycles. The van der Waals surface area contributed by atoms with Gasteiger partial charge in [-0.05, 0) is 56.7 Å². The Bertz CT molecular complexity index is 501. The van der Waals surface area contributed by atoms with Gasteiger partial charge in [-0.15, -0.1) is 0 Å². The number of ether oxygens (including phenoxy) is 1. The largest absolute Gasteiger partial charge is 0.492 e. The molecule has 0 spiro atoms. The minimum absolute atomic E-state index is 0.776. The van der Waals surface area contributed by atoms with Crippen molar-refractivity contribution in [2.75, 3.05) is 19.8 Å². The number of hydrogen-bond donors (Lipinski definition) is 1.